The summed E-state index contributed by atoms with van der Waals surface area (Å²) in [6, 6.07) is 0.250. The van der Waals surface area contributed by atoms with Crippen molar-refractivity contribution in [1.29, 1.82) is 0 Å². The summed E-state index contributed by atoms with van der Waals surface area (Å²) in [6.07, 6.45) is 2.72. The normalized spacial score (nSPS) is 16.8. The highest BCUT2D eigenvalue weighted by Gasteiger charge is 2.05. The van der Waals surface area contributed by atoms with E-state index in [-0.39, 0.29) is 12.7 Å². The molecule has 0 aromatic heterocycles. The molecule has 0 fully saturated rings. The van der Waals surface area contributed by atoms with Gasteiger partial charge in [-0.1, -0.05) is 13.3 Å². The Morgan fingerprint density at radius 1 is 1.30 bits per heavy atom. The van der Waals surface area contributed by atoms with E-state index >= 15 is 0 Å². The van der Waals surface area contributed by atoms with Crippen LogP contribution in [0.25, 0.3) is 0 Å². The van der Waals surface area contributed by atoms with E-state index in [0.29, 0.717) is 12.3 Å². The molecule has 0 aliphatic heterocycles. The maximum Gasteiger partial charge on any atom is 0.0894 e. The van der Waals surface area contributed by atoms with Gasteiger partial charge < -0.3 is 5.73 Å². The molecule has 0 saturated heterocycles. The molecule has 1 nitrogen and oxygen atoms in total. The summed E-state index contributed by atoms with van der Waals surface area (Å²) in [5.41, 5.74) is 5.62. The molecular weight excluding hydrogens is 129 g/mol. The Labute approximate surface area is 62.8 Å². The van der Waals surface area contributed by atoms with Crippen molar-refractivity contribution >= 4 is 0 Å². The zero-order chi connectivity index (χ0) is 7.98. The van der Waals surface area contributed by atoms with Crippen LogP contribution in [0.5, 0.6) is 0 Å². The Hall–Kier alpha value is -0.110. The van der Waals surface area contributed by atoms with E-state index in [4.69, 9.17) is 5.73 Å². The molecular formula is C8H18FN. The second kappa shape index (κ2) is 5.66. The van der Waals surface area contributed by atoms with Gasteiger partial charge in [0.25, 0.3) is 0 Å². The van der Waals surface area contributed by atoms with Crippen molar-refractivity contribution in [3.63, 3.8) is 0 Å². The monoisotopic (exact) mass is 147 g/mol. The predicted octanol–water partition coefficient (Wildman–Crippen LogP) is 2.11. The number of rotatable bonds is 5. The Balaban J connectivity index is 3.13. The summed E-state index contributed by atoms with van der Waals surface area (Å²) in [7, 11) is 0. The third-order valence-electron chi connectivity index (χ3n) is 1.94. The van der Waals surface area contributed by atoms with Gasteiger partial charge in [-0.3, -0.25) is 4.39 Å². The molecule has 2 N–H and O–H groups in total. The van der Waals surface area contributed by atoms with Crippen LogP contribution in [0.1, 0.15) is 33.1 Å². The van der Waals surface area contributed by atoms with Crippen molar-refractivity contribution in [3.05, 3.63) is 0 Å². The number of hydrogen-bond donors (Lipinski definition) is 1. The van der Waals surface area contributed by atoms with Gasteiger partial charge in [-0.05, 0) is 25.7 Å². The predicted molar refractivity (Wildman–Crippen MR) is 42.6 cm³/mol. The average molecular weight is 147 g/mol. The zero-order valence-electron chi connectivity index (χ0n) is 6.94. The molecule has 0 spiro atoms. The minimum Gasteiger partial charge on any atom is -0.328 e. The fourth-order valence-electron chi connectivity index (χ4n) is 0.824. The second-order valence-corrected chi connectivity index (χ2v) is 3.02. The minimum absolute atomic E-state index is 0.189. The highest BCUT2D eigenvalue weighted by atomic mass is 19.1. The molecule has 1 unspecified atom stereocenters. The van der Waals surface area contributed by atoms with Crippen molar-refractivity contribution in [3.8, 4) is 0 Å². The first-order valence-electron chi connectivity index (χ1n) is 4.00. The van der Waals surface area contributed by atoms with Gasteiger partial charge in [0.2, 0.25) is 0 Å². The van der Waals surface area contributed by atoms with Crippen LogP contribution in [0.15, 0.2) is 0 Å². The van der Waals surface area contributed by atoms with Crippen LogP contribution >= 0.6 is 0 Å². The van der Waals surface area contributed by atoms with E-state index in [1.165, 1.54) is 0 Å². The van der Waals surface area contributed by atoms with Crippen LogP contribution in [0.3, 0.4) is 0 Å². The first-order chi connectivity index (χ1) is 4.68. The summed E-state index contributed by atoms with van der Waals surface area (Å²) >= 11 is 0. The van der Waals surface area contributed by atoms with Gasteiger partial charge in [0.1, 0.15) is 0 Å². The fourth-order valence-corrected chi connectivity index (χ4v) is 0.824. The van der Waals surface area contributed by atoms with Crippen LogP contribution in [0.2, 0.25) is 0 Å². The molecule has 0 bridgehead atoms. The van der Waals surface area contributed by atoms with E-state index in [0.717, 1.165) is 12.8 Å². The topological polar surface area (TPSA) is 26.0 Å². The lowest BCUT2D eigenvalue weighted by Gasteiger charge is -2.13. The molecule has 0 radical (unpaired) electrons. The number of nitrogens with two attached hydrogens (primary N) is 1. The van der Waals surface area contributed by atoms with Gasteiger partial charge in [0.15, 0.2) is 0 Å². The van der Waals surface area contributed by atoms with Gasteiger partial charge in [0, 0.05) is 6.04 Å². The molecule has 0 aliphatic rings. The maximum absolute atomic E-state index is 11.6. The lowest BCUT2D eigenvalue weighted by Crippen LogP contribution is -2.23. The smallest absolute Gasteiger partial charge is 0.0894 e. The third-order valence-corrected chi connectivity index (χ3v) is 1.94. The Bertz CT molecular complexity index is 73.7. The highest BCUT2D eigenvalue weighted by Crippen LogP contribution is 2.10. The molecule has 0 amide bonds. The van der Waals surface area contributed by atoms with Crippen LogP contribution in [-0.4, -0.2) is 12.7 Å². The van der Waals surface area contributed by atoms with Crippen molar-refractivity contribution in [1.82, 2.24) is 0 Å². The summed E-state index contributed by atoms with van der Waals surface area (Å²) in [5.74, 6) is 0.534. The molecule has 0 saturated carbocycles. The van der Waals surface area contributed by atoms with Crippen LogP contribution < -0.4 is 5.73 Å². The SMILES string of the molecule is CC(N)[C@H](C)CCCCF. The molecule has 0 aliphatic carbocycles. The third kappa shape index (κ3) is 4.74. The lowest BCUT2D eigenvalue weighted by atomic mass is 9.98. The van der Waals surface area contributed by atoms with Crippen LogP contribution in [-0.2, 0) is 0 Å². The van der Waals surface area contributed by atoms with Gasteiger partial charge >= 0.3 is 0 Å². The van der Waals surface area contributed by atoms with E-state index in [2.05, 4.69) is 6.92 Å². The molecule has 10 heavy (non-hydrogen) atoms. The molecule has 2 heteroatoms. The molecule has 0 aromatic rings. The standard InChI is InChI=1S/C8H18FN/c1-7(8(2)10)5-3-4-6-9/h7-8H,3-6,10H2,1-2H3/t7-,8?/m1/s1. The number of unbranched alkanes of at least 4 members (excludes halogenated alkanes) is 1. The largest absolute Gasteiger partial charge is 0.328 e. The molecule has 0 heterocycles. The summed E-state index contributed by atoms with van der Waals surface area (Å²) < 4.78 is 11.6. The van der Waals surface area contributed by atoms with Crippen LogP contribution in [0, 0.1) is 5.92 Å². The summed E-state index contributed by atoms with van der Waals surface area (Å²) in [5, 5.41) is 0. The molecule has 0 aromatic carbocycles. The van der Waals surface area contributed by atoms with E-state index < -0.39 is 0 Å². The molecule has 0 rings (SSSR count). The Morgan fingerprint density at radius 3 is 2.30 bits per heavy atom. The second-order valence-electron chi connectivity index (χ2n) is 3.02. The average Bonchev–Trinajstić information content (AvgIpc) is 1.88. The fraction of sp³-hybridized carbons (Fsp3) is 1.00. The quantitative estimate of drug-likeness (QED) is 0.592. The number of hydrogen-bond acceptors (Lipinski definition) is 1. The van der Waals surface area contributed by atoms with Crippen molar-refractivity contribution in [2.24, 2.45) is 11.7 Å². The minimum atomic E-state index is -0.189. The van der Waals surface area contributed by atoms with Crippen LogP contribution in [0.4, 0.5) is 4.39 Å². The first-order valence-corrected chi connectivity index (χ1v) is 4.00. The molecule has 2 atom stereocenters. The zero-order valence-corrected chi connectivity index (χ0v) is 6.94. The Morgan fingerprint density at radius 2 is 1.90 bits per heavy atom. The van der Waals surface area contributed by atoms with Crippen molar-refractivity contribution in [2.75, 3.05) is 6.67 Å². The maximum atomic E-state index is 11.6. The van der Waals surface area contributed by atoms with Gasteiger partial charge in [-0.15, -0.1) is 0 Å². The van der Waals surface area contributed by atoms with Gasteiger partial charge in [-0.2, -0.15) is 0 Å². The van der Waals surface area contributed by atoms with E-state index in [1.807, 2.05) is 6.92 Å². The Kier molecular flexibility index (Phi) is 5.60. The highest BCUT2D eigenvalue weighted by molar-refractivity contribution is 4.62. The van der Waals surface area contributed by atoms with Gasteiger partial charge in [-0.25, -0.2) is 0 Å². The van der Waals surface area contributed by atoms with E-state index in [1.54, 1.807) is 0 Å². The molecule has 62 valence electrons. The first kappa shape index (κ1) is 9.89. The number of halogens is 1. The summed E-state index contributed by atoms with van der Waals surface area (Å²) in [4.78, 5) is 0. The van der Waals surface area contributed by atoms with Crippen molar-refractivity contribution < 1.29 is 4.39 Å². The van der Waals surface area contributed by atoms with E-state index in [9.17, 15) is 4.39 Å². The summed E-state index contributed by atoms with van der Waals surface area (Å²) in [6.45, 7) is 3.93. The number of alkyl halides is 1. The van der Waals surface area contributed by atoms with Crippen molar-refractivity contribution in [2.45, 2.75) is 39.2 Å². The van der Waals surface area contributed by atoms with Gasteiger partial charge in [0.05, 0.1) is 6.67 Å². The lowest BCUT2D eigenvalue weighted by molar-refractivity contribution is 0.398.